The van der Waals surface area contributed by atoms with Gasteiger partial charge in [-0.05, 0) is 102 Å². The molecular weight excluding hydrogens is 1050 g/mol. The van der Waals surface area contributed by atoms with E-state index in [0.717, 1.165) is 70.6 Å². The Hall–Kier alpha value is -2.81. The van der Waals surface area contributed by atoms with Crippen LogP contribution in [0.4, 0.5) is 0 Å². The highest BCUT2D eigenvalue weighted by molar-refractivity contribution is 7.45. The zero-order valence-electron chi connectivity index (χ0n) is 55.1. The highest BCUT2D eigenvalue weighted by atomic mass is 31.2. The quantitative estimate of drug-likeness (QED) is 0.0212. The van der Waals surface area contributed by atoms with E-state index in [0.29, 0.717) is 17.4 Å². The molecule has 1 amide bonds. The summed E-state index contributed by atoms with van der Waals surface area (Å²) in [5, 5.41) is 3.01. The number of carbonyl (C=O) groups excluding carboxylic acids is 2. The van der Waals surface area contributed by atoms with Crippen LogP contribution < -0.4 is 10.2 Å². The molecule has 0 radical (unpaired) electrons. The number of likely N-dealkylation sites (N-methyl/N-ethyl adjacent to an activating group) is 1. The van der Waals surface area contributed by atoms with Crippen molar-refractivity contribution in [3.05, 3.63) is 85.1 Å². The number of quaternary nitrogens is 1. The average Bonchev–Trinajstić information content (AvgIpc) is 3.46. The lowest BCUT2D eigenvalue weighted by molar-refractivity contribution is -0.870. The highest BCUT2D eigenvalue weighted by Crippen LogP contribution is 2.38. The number of amides is 1. The van der Waals surface area contributed by atoms with Gasteiger partial charge in [0.05, 0.1) is 33.8 Å². The standard InChI is InChI=1S/C73H133N2O7P/c1-7-10-13-16-19-22-25-28-30-32-33-34-35-36-37-38-39-40-41-43-45-48-51-54-57-60-63-66-73(77)82-71(64-61-58-55-52-49-46-27-24-21-18-15-12-9-3)70(69-81-83(78,79)80-68-67-75(4,5)6)74-72(76)65-62-59-56-53-50-47-44-42-31-29-26-23-20-17-14-11-8-2/h19-20,22-23,28-31,44,47,53,56,61,64,70-71H,7-18,21,24-27,32-43,45-46,48-52,54-55,57-60,62-63,65-69H2,1-6H3,(H-,74,76,78,79)/b22-19-,23-20-,30-28-,31-29-,47-44-,56-53-,64-61-. The van der Waals surface area contributed by atoms with Crippen molar-refractivity contribution in [3.63, 3.8) is 0 Å². The number of hydrogen-bond donors (Lipinski definition) is 1. The molecule has 0 rings (SSSR count). The Kier molecular flexibility index (Phi) is 60.1. The van der Waals surface area contributed by atoms with Crippen LogP contribution in [0.3, 0.4) is 0 Å². The minimum Gasteiger partial charge on any atom is -0.756 e. The molecule has 0 bridgehead atoms. The Morgan fingerprint density at radius 2 is 0.747 bits per heavy atom. The van der Waals surface area contributed by atoms with Gasteiger partial charge in [-0.15, -0.1) is 0 Å². The minimum absolute atomic E-state index is 0.0341. The van der Waals surface area contributed by atoms with Gasteiger partial charge in [0.1, 0.15) is 19.3 Å². The van der Waals surface area contributed by atoms with Crippen LogP contribution in [0.5, 0.6) is 0 Å². The molecule has 0 aromatic heterocycles. The summed E-state index contributed by atoms with van der Waals surface area (Å²) in [4.78, 5) is 40.1. The van der Waals surface area contributed by atoms with Crippen LogP contribution in [0.25, 0.3) is 0 Å². The number of hydrogen-bond acceptors (Lipinski definition) is 7. The molecule has 0 aliphatic carbocycles. The summed E-state index contributed by atoms with van der Waals surface area (Å²) in [7, 11) is 1.15. The SMILES string of the molecule is CCCCC/C=C\C/C=C\C/C=C\C/C=C\CCCC(=O)NC(COP(=O)([O-])OCC[N+](C)(C)C)C(/C=C\CCCCCCCCCCCCC)OC(=O)CCCCCCCCCCCCCCCCCCC/C=C\C/C=C\CCCCC. The van der Waals surface area contributed by atoms with Crippen molar-refractivity contribution < 1.29 is 37.3 Å². The first-order valence-corrected chi connectivity index (χ1v) is 36.4. The van der Waals surface area contributed by atoms with E-state index in [1.165, 1.54) is 205 Å². The van der Waals surface area contributed by atoms with Gasteiger partial charge in [-0.1, -0.05) is 286 Å². The molecule has 0 fully saturated rings. The summed E-state index contributed by atoms with van der Waals surface area (Å²) < 4.78 is 30.4. The highest BCUT2D eigenvalue weighted by Gasteiger charge is 2.27. The number of nitrogens with zero attached hydrogens (tertiary/aromatic N) is 1. The van der Waals surface area contributed by atoms with Gasteiger partial charge in [-0.25, -0.2) is 0 Å². The first-order valence-electron chi connectivity index (χ1n) is 34.9. The zero-order valence-corrected chi connectivity index (χ0v) is 56.0. The smallest absolute Gasteiger partial charge is 0.306 e. The van der Waals surface area contributed by atoms with Gasteiger partial charge in [-0.2, -0.15) is 0 Å². The van der Waals surface area contributed by atoms with Gasteiger partial charge >= 0.3 is 5.97 Å². The van der Waals surface area contributed by atoms with Gasteiger partial charge in [0.25, 0.3) is 7.82 Å². The second kappa shape index (κ2) is 62.2. The second-order valence-corrected chi connectivity index (χ2v) is 26.1. The zero-order chi connectivity index (χ0) is 60.7. The molecule has 0 saturated carbocycles. The summed E-state index contributed by atoms with van der Waals surface area (Å²) in [6, 6.07) is -0.920. The maximum absolute atomic E-state index is 13.5. The number of esters is 1. The third-order valence-corrected chi connectivity index (χ3v) is 16.3. The summed E-state index contributed by atoms with van der Waals surface area (Å²) in [5.41, 5.74) is 0. The normalized spacial score (nSPS) is 14.1. The maximum atomic E-state index is 13.5. The van der Waals surface area contributed by atoms with Crippen molar-refractivity contribution in [2.75, 3.05) is 40.9 Å². The van der Waals surface area contributed by atoms with Gasteiger partial charge in [0, 0.05) is 12.8 Å². The van der Waals surface area contributed by atoms with Crippen LogP contribution in [0.1, 0.15) is 316 Å². The summed E-state index contributed by atoms with van der Waals surface area (Å²) in [5.74, 6) is -0.599. The van der Waals surface area contributed by atoms with Gasteiger partial charge in [0.15, 0.2) is 0 Å². The number of allylic oxidation sites excluding steroid dienone is 13. The Labute approximate surface area is 514 Å². The second-order valence-electron chi connectivity index (χ2n) is 24.7. The average molecular weight is 1180 g/mol. The van der Waals surface area contributed by atoms with Gasteiger partial charge in [0.2, 0.25) is 5.91 Å². The number of ether oxygens (including phenoxy) is 1. The van der Waals surface area contributed by atoms with E-state index in [-0.39, 0.29) is 31.3 Å². The fraction of sp³-hybridized carbons (Fsp3) is 0.781. The van der Waals surface area contributed by atoms with E-state index in [1.54, 1.807) is 0 Å². The number of phosphoric acid groups is 1. The lowest BCUT2D eigenvalue weighted by Crippen LogP contribution is -2.47. The van der Waals surface area contributed by atoms with Crippen LogP contribution in [-0.4, -0.2) is 69.4 Å². The summed E-state index contributed by atoms with van der Waals surface area (Å²) in [6.45, 7) is 6.77. The summed E-state index contributed by atoms with van der Waals surface area (Å²) in [6.07, 6.45) is 82.9. The van der Waals surface area contributed by atoms with E-state index < -0.39 is 26.6 Å². The van der Waals surface area contributed by atoms with Crippen molar-refractivity contribution in [3.8, 4) is 0 Å². The van der Waals surface area contributed by atoms with E-state index in [4.69, 9.17) is 13.8 Å². The third kappa shape index (κ3) is 63.5. The van der Waals surface area contributed by atoms with Crippen molar-refractivity contribution >= 4 is 19.7 Å². The van der Waals surface area contributed by atoms with E-state index >= 15 is 0 Å². The summed E-state index contributed by atoms with van der Waals surface area (Å²) >= 11 is 0. The van der Waals surface area contributed by atoms with E-state index in [1.807, 2.05) is 33.3 Å². The first-order chi connectivity index (χ1) is 40.4. The molecule has 3 unspecified atom stereocenters. The lowest BCUT2D eigenvalue weighted by Gasteiger charge is -2.30. The molecule has 0 saturated heterocycles. The Morgan fingerprint density at radius 3 is 1.14 bits per heavy atom. The van der Waals surface area contributed by atoms with E-state index in [9.17, 15) is 19.0 Å². The molecule has 0 heterocycles. The topological polar surface area (TPSA) is 114 Å². The van der Waals surface area contributed by atoms with Crippen LogP contribution in [0.2, 0.25) is 0 Å². The Bertz CT molecular complexity index is 1700. The maximum Gasteiger partial charge on any atom is 0.306 e. The molecule has 0 spiro atoms. The largest absolute Gasteiger partial charge is 0.756 e. The molecule has 0 aromatic carbocycles. The lowest BCUT2D eigenvalue weighted by atomic mass is 10.0. The molecule has 482 valence electrons. The van der Waals surface area contributed by atoms with Crippen molar-refractivity contribution in [2.45, 2.75) is 328 Å². The Balaban J connectivity index is 5.11. The fourth-order valence-electron chi connectivity index (χ4n) is 9.90. The third-order valence-electron chi connectivity index (χ3n) is 15.3. The predicted molar refractivity (Wildman–Crippen MR) is 358 cm³/mol. The van der Waals surface area contributed by atoms with Crippen molar-refractivity contribution in [1.29, 1.82) is 0 Å². The number of phosphoric ester groups is 1. The van der Waals surface area contributed by atoms with Crippen molar-refractivity contribution in [1.82, 2.24) is 5.32 Å². The molecular formula is C73H133N2O7P. The van der Waals surface area contributed by atoms with Gasteiger partial charge < -0.3 is 28.5 Å². The monoisotopic (exact) mass is 1180 g/mol. The minimum atomic E-state index is -4.72. The molecule has 10 heteroatoms. The molecule has 1 N–H and O–H groups in total. The van der Waals surface area contributed by atoms with Crippen LogP contribution in [0, 0.1) is 0 Å². The van der Waals surface area contributed by atoms with Gasteiger partial charge in [-0.3, -0.25) is 14.2 Å². The number of nitrogens with one attached hydrogen (secondary N) is 1. The molecule has 0 aliphatic heterocycles. The van der Waals surface area contributed by atoms with Crippen LogP contribution in [0.15, 0.2) is 85.1 Å². The first kappa shape index (κ1) is 80.2. The molecule has 83 heavy (non-hydrogen) atoms. The molecule has 9 nitrogen and oxygen atoms in total. The molecule has 0 aliphatic rings. The van der Waals surface area contributed by atoms with E-state index in [2.05, 4.69) is 99.0 Å². The molecule has 0 aromatic rings. The number of unbranched alkanes of at least 4 members (excludes halogenated alkanes) is 35. The fourth-order valence-corrected chi connectivity index (χ4v) is 10.6. The molecule has 3 atom stereocenters. The van der Waals surface area contributed by atoms with Crippen molar-refractivity contribution in [2.24, 2.45) is 0 Å². The number of carbonyl (C=O) groups is 2. The van der Waals surface area contributed by atoms with Crippen LogP contribution in [-0.2, 0) is 27.9 Å². The number of rotatable bonds is 63. The predicted octanol–water partition coefficient (Wildman–Crippen LogP) is 21.5. The Morgan fingerprint density at radius 1 is 0.422 bits per heavy atom. The van der Waals surface area contributed by atoms with Crippen LogP contribution >= 0.6 is 7.82 Å².